The number of rotatable bonds is 51. The molecule has 126 heavy (non-hydrogen) atoms. The van der Waals surface area contributed by atoms with Crippen molar-refractivity contribution in [3.63, 3.8) is 0 Å². The summed E-state index contributed by atoms with van der Waals surface area (Å²) in [5.41, 5.74) is 14.3. The van der Waals surface area contributed by atoms with Crippen LogP contribution in [0.15, 0.2) is 91.1 Å². The monoisotopic (exact) mass is 1760 g/mol. The van der Waals surface area contributed by atoms with E-state index in [4.69, 9.17) is 11.5 Å². The Morgan fingerprint density at radius 3 is 1.22 bits per heavy atom. The van der Waals surface area contributed by atoms with Gasteiger partial charge in [0.15, 0.2) is 0 Å². The molecule has 1 aromatic heterocycles. The van der Waals surface area contributed by atoms with Gasteiger partial charge in [0.1, 0.15) is 90.6 Å². The minimum Gasteiger partial charge on any atom is -0.480 e. The molecule has 4 aromatic rings. The second-order valence-corrected chi connectivity index (χ2v) is 35.1. The van der Waals surface area contributed by atoms with E-state index in [9.17, 15) is 91.7 Å². The van der Waals surface area contributed by atoms with Crippen LogP contribution in [0.25, 0.3) is 10.9 Å². The number of nitrogens with two attached hydrogens (primary N) is 2. The van der Waals surface area contributed by atoms with E-state index in [0.29, 0.717) is 29.5 Å². The predicted octanol–water partition coefficient (Wildman–Crippen LogP) is 0.610. The first-order valence-electron chi connectivity index (χ1n) is 43.3. The molecule has 1 aliphatic rings. The number of aliphatic hydroxyl groups excluding tert-OH is 1. The maximum Gasteiger partial charge on any atom is 0.326 e. The van der Waals surface area contributed by atoms with E-state index in [-0.39, 0.29) is 93.9 Å². The van der Waals surface area contributed by atoms with Crippen molar-refractivity contribution in [2.75, 3.05) is 13.2 Å². The lowest BCUT2D eigenvalue weighted by atomic mass is 9.99. The third-order valence-corrected chi connectivity index (χ3v) is 21.2. The Morgan fingerprint density at radius 2 is 0.762 bits per heavy atom. The van der Waals surface area contributed by atoms with Gasteiger partial charge in [0.2, 0.25) is 94.5 Å². The van der Waals surface area contributed by atoms with Crippen molar-refractivity contribution >= 4 is 111 Å². The smallest absolute Gasteiger partial charge is 0.326 e. The number of aliphatic hydroxyl groups is 1. The van der Waals surface area contributed by atoms with Crippen molar-refractivity contribution in [1.82, 2.24) is 84.3 Å². The van der Waals surface area contributed by atoms with E-state index in [1.807, 2.05) is 32.0 Å². The van der Waals surface area contributed by atoms with Gasteiger partial charge in [0.25, 0.3) is 0 Å². The Morgan fingerprint density at radius 1 is 0.397 bits per heavy atom. The van der Waals surface area contributed by atoms with E-state index in [2.05, 4.69) is 79.4 Å². The van der Waals surface area contributed by atoms with Crippen molar-refractivity contribution in [3.8, 4) is 0 Å². The van der Waals surface area contributed by atoms with Crippen LogP contribution < -0.4 is 85.9 Å². The van der Waals surface area contributed by atoms with Crippen LogP contribution in [0.3, 0.4) is 0 Å². The number of primary amides is 1. The van der Waals surface area contributed by atoms with Crippen LogP contribution in [0, 0.1) is 35.5 Å². The van der Waals surface area contributed by atoms with Crippen molar-refractivity contribution in [1.29, 1.82) is 0 Å². The number of nitrogens with zero attached hydrogens (tertiary/aromatic N) is 1. The number of carbonyl (C=O) groups is 17. The van der Waals surface area contributed by atoms with E-state index in [1.165, 1.54) is 32.6 Å². The van der Waals surface area contributed by atoms with Gasteiger partial charge < -0.3 is 106 Å². The number of para-hydroxylation sites is 1. The first-order valence-corrected chi connectivity index (χ1v) is 43.3. The van der Waals surface area contributed by atoms with E-state index in [1.54, 1.807) is 142 Å². The fourth-order valence-electron chi connectivity index (χ4n) is 14.4. The fraction of sp³-hybridized carbons (Fsp3) is 0.584. The SMILES string of the molecule is CC(C)C[C@H](NC(=O)[C@H](C)NC(=O)[C@@H]1CCCN1C(=O)[C@H](C)NC(=O)[C@H](C)NC(=O)[C@H](Cc1c[nH]c2ccccc12)NC(=O)[C@H](Cc1ccccc1)NC(=O)[C@@H](NC(=O)[C@@H](N)CC(C)C)C(C)C)C(=O)N[C@@H](CC(C)C)C(=O)N[C@@H](CO)C(=O)N[C@@H](C)C(=O)N[C@@H](CC(C)C)C(=O)N[C@@H](CCC(N)=O)C(=O)N[C@@H](CC(C)C)C(=O)N[C@@H](Cc1ccccc1)C(=O)O. The second-order valence-electron chi connectivity index (χ2n) is 35.1. The maximum absolute atomic E-state index is 14.7. The lowest BCUT2D eigenvalue weighted by Crippen LogP contribution is -2.61. The molecule has 0 bridgehead atoms. The summed E-state index contributed by atoms with van der Waals surface area (Å²) in [5, 5.41) is 57.9. The number of amides is 16. The summed E-state index contributed by atoms with van der Waals surface area (Å²) in [5.74, 6) is -15.8. The molecule has 0 saturated carbocycles. The molecule has 1 saturated heterocycles. The van der Waals surface area contributed by atoms with Crippen molar-refractivity contribution in [2.24, 2.45) is 47.0 Å². The average molecular weight is 1760 g/mol. The van der Waals surface area contributed by atoms with Gasteiger partial charge in [0, 0.05) is 49.3 Å². The van der Waals surface area contributed by atoms with E-state index >= 15 is 0 Å². The number of hydrogen-bond acceptors (Lipinski definition) is 19. The summed E-state index contributed by atoms with van der Waals surface area (Å²) in [7, 11) is 0. The summed E-state index contributed by atoms with van der Waals surface area (Å²) in [6, 6.07) is 3.39. The van der Waals surface area contributed by atoms with Gasteiger partial charge in [-0.1, -0.05) is 162 Å². The number of H-pyrrole nitrogens is 1. The van der Waals surface area contributed by atoms with Crippen LogP contribution in [0.4, 0.5) is 0 Å². The first kappa shape index (κ1) is 105. The highest BCUT2D eigenvalue weighted by Crippen LogP contribution is 2.23. The van der Waals surface area contributed by atoms with Crippen molar-refractivity contribution in [2.45, 2.75) is 284 Å². The number of fused-ring (bicyclic) bond motifs is 1. The lowest BCUT2D eigenvalue weighted by Gasteiger charge is -2.29. The fourth-order valence-corrected chi connectivity index (χ4v) is 14.4. The number of aliphatic carboxylic acids is 1. The van der Waals surface area contributed by atoms with Crippen molar-refractivity contribution in [3.05, 3.63) is 108 Å². The molecule has 1 aliphatic heterocycles. The Hall–Kier alpha value is -11.9. The van der Waals surface area contributed by atoms with Gasteiger partial charge in [-0.25, -0.2) is 4.79 Å². The standard InChI is InChI=1S/C89H134N18O19/c1-46(2)36-60(90)77(113)106-73(51(11)12)87(123)103-67(41-56-26-19-17-20-27-56)84(120)102-68(43-58-44-92-61-31-24-23-30-59(58)61)79(115)93-52(13)74(110)96-55(16)88(124)107-35-25-32-71(107)86(122)95-54(15)76(112)99-64(38-48(5)6)81(117)101-66(40-50(9)10)83(119)105-70(45-108)85(121)94-53(14)75(111)98-63(37-47(3)4)80(116)97-62(33-34-72(91)109)78(114)100-65(39-49(7)8)82(118)104-69(89(125)126)42-57-28-21-18-22-29-57/h17-24,26-31,44,46-55,60,62-71,73,92,108H,25,32-43,45,90H2,1-16H3,(H2,91,109)(H,93,115)(H,94,121)(H,95,122)(H,96,110)(H,97,116)(H,98,111)(H,99,112)(H,100,114)(H,101,117)(H,102,120)(H,103,123)(H,104,118)(H,105,119)(H,106,113)(H,125,126)/t52-,53-,54-,55-,60-,62-,63-,64-,65-,66-,67-,68-,69-,70-,71-,73-/m0/s1. The van der Waals surface area contributed by atoms with Gasteiger partial charge in [-0.3, -0.25) is 76.7 Å². The Kier molecular flexibility index (Phi) is 42.3. The number of carboxylic acid groups (broad SMARTS) is 1. The molecule has 16 atom stereocenters. The third kappa shape index (κ3) is 34.2. The lowest BCUT2D eigenvalue weighted by molar-refractivity contribution is -0.142. The quantitative estimate of drug-likeness (QED) is 0.0288. The normalized spacial score (nSPS) is 16.3. The zero-order valence-electron chi connectivity index (χ0n) is 75.2. The molecular formula is C89H134N18O19. The molecule has 694 valence electrons. The van der Waals surface area contributed by atoms with Crippen LogP contribution in [0.1, 0.15) is 185 Å². The number of likely N-dealkylation sites (tertiary alicyclic amines) is 1. The third-order valence-electron chi connectivity index (χ3n) is 21.2. The summed E-state index contributed by atoms with van der Waals surface area (Å²) in [4.78, 5) is 240. The summed E-state index contributed by atoms with van der Waals surface area (Å²) < 4.78 is 0. The number of benzene rings is 3. The molecular weight excluding hydrogens is 1630 g/mol. The molecule has 0 radical (unpaired) electrons. The van der Waals surface area contributed by atoms with Gasteiger partial charge in [-0.05, 0) is 137 Å². The topological polar surface area (TPSA) is 570 Å². The molecule has 16 amide bonds. The highest BCUT2D eigenvalue weighted by molar-refractivity contribution is 6.01. The molecule has 0 spiro atoms. The molecule has 1 fully saturated rings. The predicted molar refractivity (Wildman–Crippen MR) is 470 cm³/mol. The van der Waals surface area contributed by atoms with Crippen LogP contribution in [0.2, 0.25) is 0 Å². The highest BCUT2D eigenvalue weighted by Gasteiger charge is 2.41. The molecule has 2 heterocycles. The maximum atomic E-state index is 14.7. The van der Waals surface area contributed by atoms with Gasteiger partial charge in [-0.2, -0.15) is 0 Å². The first-order chi connectivity index (χ1) is 59.3. The summed E-state index contributed by atoms with van der Waals surface area (Å²) >= 11 is 0. The average Bonchev–Trinajstić information content (AvgIpc) is 1.66. The molecule has 37 nitrogen and oxygen atoms in total. The summed E-state index contributed by atoms with van der Waals surface area (Å²) in [6.07, 6.45) is 1.56. The number of carbonyl (C=O) groups excluding carboxylic acids is 16. The number of carboxylic acids is 1. The largest absolute Gasteiger partial charge is 0.480 e. The van der Waals surface area contributed by atoms with Gasteiger partial charge in [0.05, 0.1) is 12.6 Å². The van der Waals surface area contributed by atoms with Crippen LogP contribution in [0.5, 0.6) is 0 Å². The second kappa shape index (κ2) is 50.9. The van der Waals surface area contributed by atoms with Crippen LogP contribution in [-0.2, 0) is 101 Å². The molecule has 5 rings (SSSR count). The van der Waals surface area contributed by atoms with Gasteiger partial charge in [-0.15, -0.1) is 0 Å². The number of hydrogen-bond donors (Lipinski definition) is 19. The molecule has 0 unspecified atom stereocenters. The van der Waals surface area contributed by atoms with Gasteiger partial charge >= 0.3 is 5.97 Å². The number of aromatic amines is 1. The van der Waals surface area contributed by atoms with E-state index in [0.717, 1.165) is 10.9 Å². The van der Waals surface area contributed by atoms with Crippen LogP contribution in [-0.4, -0.2) is 230 Å². The summed E-state index contributed by atoms with van der Waals surface area (Å²) in [6.45, 7) is 25.7. The number of aromatic nitrogens is 1. The Bertz CT molecular complexity index is 4390. The Labute approximate surface area is 736 Å². The molecule has 0 aliphatic carbocycles. The minimum absolute atomic E-state index is 0.0158. The number of nitrogens with one attached hydrogen (secondary N) is 15. The van der Waals surface area contributed by atoms with Crippen LogP contribution >= 0.6 is 0 Å². The van der Waals surface area contributed by atoms with Crippen molar-refractivity contribution < 1.29 is 91.7 Å². The zero-order valence-corrected chi connectivity index (χ0v) is 75.2. The molecule has 21 N–H and O–H groups in total. The highest BCUT2D eigenvalue weighted by atomic mass is 16.4. The minimum atomic E-state index is -1.73. The molecule has 3 aromatic carbocycles. The Balaban J connectivity index is 1.21. The molecule has 37 heteroatoms. The zero-order chi connectivity index (χ0) is 94.1. The van der Waals surface area contributed by atoms with E-state index < -0.39 is 216 Å².